The molecule has 0 saturated carbocycles. The van der Waals surface area contributed by atoms with E-state index in [4.69, 9.17) is 5.73 Å². The van der Waals surface area contributed by atoms with Gasteiger partial charge in [-0.15, -0.1) is 0 Å². The van der Waals surface area contributed by atoms with Crippen LogP contribution in [0.4, 0.5) is 0 Å². The Bertz CT molecular complexity index is 421. The molecular weight excluding hydrogens is 224 g/mol. The SMILES string of the molecule is Cc1cccc(CN(C)C(=O)[C@@H](N)C(C)(C)C)c1. The van der Waals surface area contributed by atoms with Crippen LogP contribution in [0.2, 0.25) is 0 Å². The predicted octanol–water partition coefficient (Wildman–Crippen LogP) is 2.33. The minimum absolute atomic E-state index is 0.0102. The van der Waals surface area contributed by atoms with E-state index in [9.17, 15) is 4.79 Å². The molecule has 0 saturated heterocycles. The number of carbonyl (C=O) groups excluding carboxylic acids is 1. The van der Waals surface area contributed by atoms with E-state index in [0.29, 0.717) is 6.54 Å². The number of hydrogen-bond donors (Lipinski definition) is 1. The summed E-state index contributed by atoms with van der Waals surface area (Å²) in [6, 6.07) is 7.71. The summed E-state index contributed by atoms with van der Waals surface area (Å²) in [7, 11) is 1.80. The first-order chi connectivity index (χ1) is 8.21. The van der Waals surface area contributed by atoms with Crippen molar-refractivity contribution >= 4 is 5.91 Å². The van der Waals surface area contributed by atoms with E-state index in [2.05, 4.69) is 6.07 Å². The van der Waals surface area contributed by atoms with E-state index >= 15 is 0 Å². The van der Waals surface area contributed by atoms with Crippen LogP contribution in [-0.2, 0) is 11.3 Å². The molecule has 0 bridgehead atoms. The Morgan fingerprint density at radius 2 is 2.00 bits per heavy atom. The zero-order chi connectivity index (χ0) is 13.9. The second kappa shape index (κ2) is 5.53. The average molecular weight is 248 g/mol. The fourth-order valence-corrected chi connectivity index (χ4v) is 1.77. The molecule has 0 fully saturated rings. The smallest absolute Gasteiger partial charge is 0.240 e. The number of nitrogens with zero attached hydrogens (tertiary/aromatic N) is 1. The van der Waals surface area contributed by atoms with Gasteiger partial charge in [-0.05, 0) is 17.9 Å². The quantitative estimate of drug-likeness (QED) is 0.892. The van der Waals surface area contributed by atoms with E-state index in [1.807, 2.05) is 45.9 Å². The molecule has 2 N–H and O–H groups in total. The van der Waals surface area contributed by atoms with Gasteiger partial charge in [0.25, 0.3) is 0 Å². The molecule has 3 nitrogen and oxygen atoms in total. The van der Waals surface area contributed by atoms with Crippen LogP contribution in [0, 0.1) is 12.3 Å². The number of carbonyl (C=O) groups is 1. The summed E-state index contributed by atoms with van der Waals surface area (Å²) >= 11 is 0. The van der Waals surface area contributed by atoms with Crippen molar-refractivity contribution < 1.29 is 4.79 Å². The van der Waals surface area contributed by atoms with E-state index in [-0.39, 0.29) is 11.3 Å². The lowest BCUT2D eigenvalue weighted by molar-refractivity contribution is -0.134. The molecule has 1 rings (SSSR count). The van der Waals surface area contributed by atoms with Crippen molar-refractivity contribution in [3.63, 3.8) is 0 Å². The minimum atomic E-state index is -0.465. The fourth-order valence-electron chi connectivity index (χ4n) is 1.77. The van der Waals surface area contributed by atoms with E-state index < -0.39 is 6.04 Å². The van der Waals surface area contributed by atoms with E-state index in [0.717, 1.165) is 5.56 Å². The number of rotatable bonds is 3. The van der Waals surface area contributed by atoms with Crippen LogP contribution in [-0.4, -0.2) is 23.9 Å². The van der Waals surface area contributed by atoms with Gasteiger partial charge in [-0.2, -0.15) is 0 Å². The maximum absolute atomic E-state index is 12.2. The Hall–Kier alpha value is -1.35. The first kappa shape index (κ1) is 14.7. The minimum Gasteiger partial charge on any atom is -0.340 e. The maximum Gasteiger partial charge on any atom is 0.240 e. The number of hydrogen-bond acceptors (Lipinski definition) is 2. The number of benzene rings is 1. The predicted molar refractivity (Wildman–Crippen MR) is 75.1 cm³/mol. The van der Waals surface area contributed by atoms with Crippen LogP contribution in [0.15, 0.2) is 24.3 Å². The largest absolute Gasteiger partial charge is 0.340 e. The highest BCUT2D eigenvalue weighted by molar-refractivity contribution is 5.82. The van der Waals surface area contributed by atoms with Gasteiger partial charge < -0.3 is 10.6 Å². The summed E-state index contributed by atoms with van der Waals surface area (Å²) in [5, 5.41) is 0. The van der Waals surface area contributed by atoms with E-state index in [1.54, 1.807) is 11.9 Å². The zero-order valence-electron chi connectivity index (χ0n) is 12.0. The summed E-state index contributed by atoms with van der Waals surface area (Å²) in [4.78, 5) is 13.9. The van der Waals surface area contributed by atoms with Crippen molar-refractivity contribution in [3.05, 3.63) is 35.4 Å². The average Bonchev–Trinajstić information content (AvgIpc) is 2.25. The van der Waals surface area contributed by atoms with Crippen LogP contribution in [0.1, 0.15) is 31.9 Å². The van der Waals surface area contributed by atoms with E-state index in [1.165, 1.54) is 5.56 Å². The van der Waals surface area contributed by atoms with Crippen LogP contribution in [0.5, 0.6) is 0 Å². The van der Waals surface area contributed by atoms with Crippen LogP contribution in [0.3, 0.4) is 0 Å². The van der Waals surface area contributed by atoms with Crippen molar-refractivity contribution in [2.24, 2.45) is 11.1 Å². The highest BCUT2D eigenvalue weighted by Crippen LogP contribution is 2.19. The molecule has 1 atom stereocenters. The van der Waals surface area contributed by atoms with Gasteiger partial charge >= 0.3 is 0 Å². The first-order valence-corrected chi connectivity index (χ1v) is 6.28. The third-order valence-corrected chi connectivity index (χ3v) is 3.08. The Balaban J connectivity index is 2.71. The summed E-state index contributed by atoms with van der Waals surface area (Å²) in [6.45, 7) is 8.60. The first-order valence-electron chi connectivity index (χ1n) is 6.28. The number of aryl methyl sites for hydroxylation is 1. The summed E-state index contributed by atoms with van der Waals surface area (Å²) in [5.41, 5.74) is 8.11. The second-order valence-corrected chi connectivity index (χ2v) is 6.03. The third-order valence-electron chi connectivity index (χ3n) is 3.08. The fraction of sp³-hybridized carbons (Fsp3) is 0.533. The molecule has 0 radical (unpaired) electrons. The van der Waals surface area contributed by atoms with Crippen molar-refractivity contribution in [2.75, 3.05) is 7.05 Å². The lowest BCUT2D eigenvalue weighted by atomic mass is 9.86. The number of amides is 1. The van der Waals surface area contributed by atoms with Crippen LogP contribution >= 0.6 is 0 Å². The lowest BCUT2D eigenvalue weighted by Gasteiger charge is -2.30. The molecule has 0 heterocycles. The van der Waals surface area contributed by atoms with Crippen molar-refractivity contribution in [3.8, 4) is 0 Å². The Kier molecular flexibility index (Phi) is 4.52. The molecule has 0 aliphatic heterocycles. The molecular formula is C15H24N2O. The molecule has 3 heteroatoms. The molecule has 0 aliphatic rings. The van der Waals surface area contributed by atoms with Gasteiger partial charge in [-0.1, -0.05) is 50.6 Å². The van der Waals surface area contributed by atoms with Crippen molar-refractivity contribution in [2.45, 2.75) is 40.3 Å². The monoisotopic (exact) mass is 248 g/mol. The highest BCUT2D eigenvalue weighted by Gasteiger charge is 2.29. The molecule has 0 aromatic heterocycles. The van der Waals surface area contributed by atoms with Crippen LogP contribution in [0.25, 0.3) is 0 Å². The van der Waals surface area contributed by atoms with Crippen molar-refractivity contribution in [1.29, 1.82) is 0 Å². The van der Waals surface area contributed by atoms with Gasteiger partial charge in [0.2, 0.25) is 5.91 Å². The molecule has 18 heavy (non-hydrogen) atoms. The van der Waals surface area contributed by atoms with Crippen molar-refractivity contribution in [1.82, 2.24) is 4.90 Å². The number of likely N-dealkylation sites (N-methyl/N-ethyl adjacent to an activating group) is 1. The molecule has 100 valence electrons. The Morgan fingerprint density at radius 3 is 2.50 bits per heavy atom. The van der Waals surface area contributed by atoms with Gasteiger partial charge in [-0.3, -0.25) is 4.79 Å². The molecule has 0 aliphatic carbocycles. The van der Waals surface area contributed by atoms with Gasteiger partial charge in [0.05, 0.1) is 6.04 Å². The third kappa shape index (κ3) is 3.84. The van der Waals surface area contributed by atoms with Gasteiger partial charge in [0.15, 0.2) is 0 Å². The number of nitrogens with two attached hydrogens (primary N) is 1. The molecule has 1 aromatic carbocycles. The topological polar surface area (TPSA) is 46.3 Å². The van der Waals surface area contributed by atoms with Gasteiger partial charge in [0.1, 0.15) is 0 Å². The van der Waals surface area contributed by atoms with Crippen LogP contribution < -0.4 is 5.73 Å². The molecule has 0 spiro atoms. The highest BCUT2D eigenvalue weighted by atomic mass is 16.2. The maximum atomic E-state index is 12.2. The molecule has 1 amide bonds. The standard InChI is InChI=1S/C15H24N2O/c1-11-7-6-8-12(9-11)10-17(5)14(18)13(16)15(2,3)4/h6-9,13H,10,16H2,1-5H3/t13-/m1/s1. The molecule has 1 aromatic rings. The Labute approximate surface area is 110 Å². The van der Waals surface area contributed by atoms with Gasteiger partial charge in [0, 0.05) is 13.6 Å². The molecule has 0 unspecified atom stereocenters. The summed E-state index contributed by atoms with van der Waals surface area (Å²) < 4.78 is 0. The van der Waals surface area contributed by atoms with Gasteiger partial charge in [-0.25, -0.2) is 0 Å². The normalized spacial score (nSPS) is 13.2. The lowest BCUT2D eigenvalue weighted by Crippen LogP contribution is -2.48. The zero-order valence-corrected chi connectivity index (χ0v) is 12.0. The second-order valence-electron chi connectivity index (χ2n) is 6.03. The summed E-state index contributed by atoms with van der Waals surface area (Å²) in [6.07, 6.45) is 0. The summed E-state index contributed by atoms with van der Waals surface area (Å²) in [5.74, 6) is -0.0102. The Morgan fingerprint density at radius 1 is 1.39 bits per heavy atom.